The molecule has 0 saturated carbocycles. The molecule has 2 rings (SSSR count). The molecule has 0 amide bonds. The predicted octanol–water partition coefficient (Wildman–Crippen LogP) is 4.37. The minimum Gasteiger partial charge on any atom is -0.425 e. The molecule has 0 spiro atoms. The number of benzene rings is 1. The molecule has 1 aromatic heterocycles. The molecule has 3 nitrogen and oxygen atoms in total. The number of carbonyl (C=O) groups excluding carboxylic acids is 1. The topological polar surface area (TPSA) is 38.3 Å². The molecular formula is C15H16ClNO2S. The number of hydrogen-bond acceptors (Lipinski definition) is 4. The number of rotatable bonds is 6. The van der Waals surface area contributed by atoms with Crippen molar-refractivity contribution in [3.63, 3.8) is 0 Å². The Morgan fingerprint density at radius 1 is 1.40 bits per heavy atom. The largest absolute Gasteiger partial charge is 0.425 e. The van der Waals surface area contributed by atoms with Crippen LogP contribution in [0.25, 0.3) is 0 Å². The van der Waals surface area contributed by atoms with Gasteiger partial charge in [-0.05, 0) is 36.1 Å². The first-order valence-corrected chi connectivity index (χ1v) is 7.71. The quantitative estimate of drug-likeness (QED) is 0.636. The van der Waals surface area contributed by atoms with Crippen molar-refractivity contribution in [2.45, 2.75) is 19.8 Å². The van der Waals surface area contributed by atoms with Gasteiger partial charge in [0, 0.05) is 23.5 Å². The van der Waals surface area contributed by atoms with E-state index >= 15 is 0 Å². The van der Waals surface area contributed by atoms with Crippen LogP contribution in [-0.4, -0.2) is 12.5 Å². The highest BCUT2D eigenvalue weighted by molar-refractivity contribution is 7.09. The lowest BCUT2D eigenvalue weighted by Gasteiger charge is -2.09. The fourth-order valence-corrected chi connectivity index (χ4v) is 2.60. The van der Waals surface area contributed by atoms with Crippen molar-refractivity contribution in [1.82, 2.24) is 0 Å². The summed E-state index contributed by atoms with van der Waals surface area (Å²) in [7, 11) is 0. The van der Waals surface area contributed by atoms with Crippen molar-refractivity contribution in [2.75, 3.05) is 11.9 Å². The molecule has 0 radical (unpaired) electrons. The molecule has 1 N–H and O–H groups in total. The highest BCUT2D eigenvalue weighted by Gasteiger charge is 2.07. The second-order valence-corrected chi connectivity index (χ2v) is 5.67. The van der Waals surface area contributed by atoms with Crippen LogP contribution in [0.5, 0.6) is 5.75 Å². The highest BCUT2D eigenvalue weighted by atomic mass is 35.5. The molecule has 0 saturated heterocycles. The van der Waals surface area contributed by atoms with Gasteiger partial charge < -0.3 is 10.1 Å². The number of anilines is 1. The third-order valence-corrected chi connectivity index (χ3v) is 3.96. The summed E-state index contributed by atoms with van der Waals surface area (Å²) in [6.07, 6.45) is 1.30. The van der Waals surface area contributed by atoms with E-state index in [2.05, 4.69) is 16.8 Å². The Bertz CT molecular complexity index is 569. The fraction of sp³-hybridized carbons (Fsp3) is 0.267. The van der Waals surface area contributed by atoms with Gasteiger partial charge in [-0.25, -0.2) is 0 Å². The Balaban J connectivity index is 1.89. The van der Waals surface area contributed by atoms with Gasteiger partial charge in [-0.15, -0.1) is 11.3 Å². The maximum absolute atomic E-state index is 11.2. The van der Waals surface area contributed by atoms with Crippen LogP contribution >= 0.6 is 22.9 Å². The van der Waals surface area contributed by atoms with Crippen molar-refractivity contribution < 1.29 is 9.53 Å². The first-order chi connectivity index (χ1) is 9.69. The lowest BCUT2D eigenvalue weighted by Crippen LogP contribution is -2.07. The first kappa shape index (κ1) is 14.9. The number of esters is 1. The normalized spacial score (nSPS) is 10.3. The number of hydrogen-bond donors (Lipinski definition) is 1. The van der Waals surface area contributed by atoms with Crippen LogP contribution in [-0.2, 0) is 11.2 Å². The van der Waals surface area contributed by atoms with Crippen LogP contribution < -0.4 is 10.1 Å². The zero-order valence-electron chi connectivity index (χ0n) is 11.2. The Labute approximate surface area is 127 Å². The van der Waals surface area contributed by atoms with Crippen LogP contribution in [0.4, 0.5) is 5.69 Å². The maximum atomic E-state index is 11.2. The summed E-state index contributed by atoms with van der Waals surface area (Å²) in [5.41, 5.74) is 0.919. The van der Waals surface area contributed by atoms with Gasteiger partial charge in [-0.2, -0.15) is 0 Å². The summed E-state index contributed by atoms with van der Waals surface area (Å²) in [6.45, 7) is 2.58. The average molecular weight is 310 g/mol. The molecule has 0 aliphatic carbocycles. The Morgan fingerprint density at radius 3 is 2.90 bits per heavy atom. The lowest BCUT2D eigenvalue weighted by molar-refractivity contribution is -0.134. The van der Waals surface area contributed by atoms with Gasteiger partial charge >= 0.3 is 5.97 Å². The minimum atomic E-state index is -0.287. The molecule has 0 unspecified atom stereocenters. The summed E-state index contributed by atoms with van der Waals surface area (Å²) >= 11 is 7.84. The van der Waals surface area contributed by atoms with Gasteiger partial charge in [0.05, 0.1) is 5.02 Å². The smallest absolute Gasteiger partial charge is 0.310 e. The molecule has 20 heavy (non-hydrogen) atoms. The van der Waals surface area contributed by atoms with Crippen LogP contribution in [0, 0.1) is 0 Å². The second-order valence-electron chi connectivity index (χ2n) is 4.23. The van der Waals surface area contributed by atoms with Crippen LogP contribution in [0.15, 0.2) is 35.7 Å². The Hall–Kier alpha value is -1.52. The maximum Gasteiger partial charge on any atom is 0.310 e. The average Bonchev–Trinajstić information content (AvgIpc) is 2.95. The summed E-state index contributed by atoms with van der Waals surface area (Å²) in [5, 5.41) is 5.81. The number of thiophene rings is 1. The predicted molar refractivity (Wildman–Crippen MR) is 83.9 cm³/mol. The van der Waals surface area contributed by atoms with E-state index < -0.39 is 0 Å². The van der Waals surface area contributed by atoms with Crippen molar-refractivity contribution in [1.29, 1.82) is 0 Å². The molecule has 0 bridgehead atoms. The standard InChI is InChI=1S/C15H16ClNO2S/c1-2-15(18)19-14-6-5-11(10-13(14)16)17-8-7-12-4-3-9-20-12/h3-6,9-10,17H,2,7-8H2,1H3. The molecule has 2 aromatic rings. The van der Waals surface area contributed by atoms with Gasteiger partial charge in [0.15, 0.2) is 0 Å². The first-order valence-electron chi connectivity index (χ1n) is 6.45. The van der Waals surface area contributed by atoms with Gasteiger partial charge in [-0.1, -0.05) is 24.6 Å². The number of carbonyl (C=O) groups is 1. The Morgan fingerprint density at radius 2 is 2.25 bits per heavy atom. The lowest BCUT2D eigenvalue weighted by atomic mass is 10.3. The summed E-state index contributed by atoms with van der Waals surface area (Å²) in [6, 6.07) is 9.51. The zero-order valence-corrected chi connectivity index (χ0v) is 12.8. The molecule has 5 heteroatoms. The summed E-state index contributed by atoms with van der Waals surface area (Å²) in [4.78, 5) is 12.6. The zero-order chi connectivity index (χ0) is 14.4. The van der Waals surface area contributed by atoms with Gasteiger partial charge in [0.2, 0.25) is 0 Å². The molecule has 1 aromatic carbocycles. The third-order valence-electron chi connectivity index (χ3n) is 2.72. The van der Waals surface area contributed by atoms with Crippen molar-refractivity contribution in [2.24, 2.45) is 0 Å². The van der Waals surface area contributed by atoms with Crippen molar-refractivity contribution in [3.05, 3.63) is 45.6 Å². The number of ether oxygens (including phenoxy) is 1. The molecule has 0 aliphatic rings. The van der Waals surface area contributed by atoms with Crippen LogP contribution in [0.1, 0.15) is 18.2 Å². The van der Waals surface area contributed by atoms with E-state index in [1.54, 1.807) is 30.4 Å². The molecule has 0 atom stereocenters. The number of nitrogens with one attached hydrogen (secondary N) is 1. The van der Waals surface area contributed by atoms with Gasteiger partial charge in [0.25, 0.3) is 0 Å². The SMILES string of the molecule is CCC(=O)Oc1ccc(NCCc2cccs2)cc1Cl. The van der Waals surface area contributed by atoms with E-state index in [1.165, 1.54) is 4.88 Å². The van der Waals surface area contributed by atoms with E-state index in [1.807, 2.05) is 12.1 Å². The van der Waals surface area contributed by atoms with E-state index in [-0.39, 0.29) is 5.97 Å². The number of halogens is 1. The molecule has 0 fully saturated rings. The summed E-state index contributed by atoms with van der Waals surface area (Å²) in [5.74, 6) is 0.118. The summed E-state index contributed by atoms with van der Waals surface area (Å²) < 4.78 is 5.12. The monoisotopic (exact) mass is 309 g/mol. The van der Waals surface area contributed by atoms with Crippen molar-refractivity contribution >= 4 is 34.6 Å². The highest BCUT2D eigenvalue weighted by Crippen LogP contribution is 2.28. The molecular weight excluding hydrogens is 294 g/mol. The third kappa shape index (κ3) is 4.25. The molecule has 0 aliphatic heterocycles. The van der Waals surface area contributed by atoms with Crippen molar-refractivity contribution in [3.8, 4) is 5.75 Å². The van der Waals surface area contributed by atoms with Crippen LogP contribution in [0.2, 0.25) is 5.02 Å². The molecule has 106 valence electrons. The van der Waals surface area contributed by atoms with E-state index in [0.717, 1.165) is 18.7 Å². The van der Waals surface area contributed by atoms with E-state index in [0.29, 0.717) is 17.2 Å². The minimum absolute atomic E-state index is 0.287. The van der Waals surface area contributed by atoms with Gasteiger partial charge in [0.1, 0.15) is 5.75 Å². The fourth-order valence-electron chi connectivity index (χ4n) is 1.67. The second kappa shape index (κ2) is 7.31. The van der Waals surface area contributed by atoms with Crippen LogP contribution in [0.3, 0.4) is 0 Å². The van der Waals surface area contributed by atoms with E-state index in [9.17, 15) is 4.79 Å². The Kier molecular flexibility index (Phi) is 5.44. The van der Waals surface area contributed by atoms with E-state index in [4.69, 9.17) is 16.3 Å². The van der Waals surface area contributed by atoms with Gasteiger partial charge in [-0.3, -0.25) is 4.79 Å². The molecule has 1 heterocycles.